The quantitative estimate of drug-likeness (QED) is 0.135. The van der Waals surface area contributed by atoms with Crippen molar-refractivity contribution in [2.75, 3.05) is 15.8 Å². The Labute approximate surface area is 278 Å². The van der Waals surface area contributed by atoms with Gasteiger partial charge in [-0.15, -0.1) is 11.8 Å². The maximum Gasteiger partial charge on any atom is 0.264 e. The molecule has 3 N–H and O–H groups in total. The second kappa shape index (κ2) is 14.2. The first-order valence-corrected chi connectivity index (χ1v) is 17.6. The molecular formula is C36H35N3O6S2. The first-order chi connectivity index (χ1) is 22.7. The Bertz CT molecular complexity index is 1960. The van der Waals surface area contributed by atoms with Crippen molar-refractivity contribution in [3.63, 3.8) is 0 Å². The van der Waals surface area contributed by atoms with Gasteiger partial charge in [-0.05, 0) is 59.7 Å². The lowest BCUT2D eigenvalue weighted by molar-refractivity contribution is -0.268. The molecule has 1 unspecified atom stereocenters. The topological polar surface area (TPSA) is 127 Å². The number of thioether (sulfide) groups is 1. The number of hydrogen-bond acceptors (Lipinski definition) is 8. The number of sulfonamides is 1. The number of aromatic nitrogens is 1. The number of aliphatic hydroxyl groups is 1. The molecule has 47 heavy (non-hydrogen) atoms. The van der Waals surface area contributed by atoms with E-state index in [-0.39, 0.29) is 35.5 Å². The van der Waals surface area contributed by atoms with Crippen LogP contribution in [0.4, 0.5) is 11.4 Å². The van der Waals surface area contributed by atoms with Crippen LogP contribution in [0.3, 0.4) is 0 Å². The van der Waals surface area contributed by atoms with Gasteiger partial charge in [0, 0.05) is 52.0 Å². The third kappa shape index (κ3) is 7.66. The van der Waals surface area contributed by atoms with Crippen LogP contribution in [0.25, 0.3) is 10.9 Å². The number of pyridine rings is 1. The summed E-state index contributed by atoms with van der Waals surface area (Å²) in [4.78, 5) is 16.8. The molecule has 0 aliphatic carbocycles. The molecule has 11 heteroatoms. The van der Waals surface area contributed by atoms with Gasteiger partial charge in [0.15, 0.2) is 6.29 Å². The summed E-state index contributed by atoms with van der Waals surface area (Å²) in [6, 6.07) is 31.0. The third-order valence-corrected chi connectivity index (χ3v) is 10.5. The average molecular weight is 670 g/mol. The van der Waals surface area contributed by atoms with Crippen molar-refractivity contribution in [2.45, 2.75) is 48.7 Å². The Balaban J connectivity index is 1.25. The van der Waals surface area contributed by atoms with Gasteiger partial charge in [-0.2, -0.15) is 0 Å². The van der Waals surface area contributed by atoms with Crippen molar-refractivity contribution in [1.82, 2.24) is 4.98 Å². The van der Waals surface area contributed by atoms with E-state index in [1.54, 1.807) is 54.4 Å². The highest BCUT2D eigenvalue weighted by molar-refractivity contribution is 7.99. The highest BCUT2D eigenvalue weighted by Gasteiger charge is 2.38. The second-order valence-corrected chi connectivity index (χ2v) is 14.1. The number of hydrogen-bond donors (Lipinski definition) is 3. The van der Waals surface area contributed by atoms with Crippen LogP contribution in [0.2, 0.25) is 0 Å². The zero-order valence-corrected chi connectivity index (χ0v) is 27.5. The van der Waals surface area contributed by atoms with Crippen molar-refractivity contribution < 1.29 is 27.8 Å². The van der Waals surface area contributed by atoms with Crippen molar-refractivity contribution in [3.05, 3.63) is 126 Å². The van der Waals surface area contributed by atoms with Crippen LogP contribution in [0.1, 0.15) is 42.9 Å². The molecule has 2 heterocycles. The molecule has 0 saturated carbocycles. The number of carbonyl (C=O) groups excluding carboxylic acids is 1. The largest absolute Gasteiger partial charge is 0.392 e. The van der Waals surface area contributed by atoms with Crippen molar-refractivity contribution in [2.24, 2.45) is 5.92 Å². The molecule has 1 fully saturated rings. The van der Waals surface area contributed by atoms with Gasteiger partial charge < -0.3 is 19.9 Å². The van der Waals surface area contributed by atoms with Gasteiger partial charge in [0.25, 0.3) is 10.0 Å². The summed E-state index contributed by atoms with van der Waals surface area (Å²) < 4.78 is 42.9. The number of carbonyl (C=O) groups is 1. The van der Waals surface area contributed by atoms with E-state index in [2.05, 4.69) is 21.9 Å². The van der Waals surface area contributed by atoms with Crippen LogP contribution in [0, 0.1) is 5.92 Å². The number of amides is 1. The minimum Gasteiger partial charge on any atom is -0.392 e. The molecule has 0 radical (unpaired) electrons. The van der Waals surface area contributed by atoms with Crippen molar-refractivity contribution in [3.8, 4) is 0 Å². The molecule has 6 rings (SSSR count). The number of benzene rings is 4. The molecule has 4 atom stereocenters. The lowest BCUT2D eigenvalue weighted by Crippen LogP contribution is -2.38. The minimum absolute atomic E-state index is 0.0297. The molecule has 0 spiro atoms. The van der Waals surface area contributed by atoms with E-state index in [0.29, 0.717) is 22.5 Å². The molecule has 1 aromatic heterocycles. The van der Waals surface area contributed by atoms with Gasteiger partial charge in [-0.3, -0.25) is 14.5 Å². The number of fused-ring (bicyclic) bond motifs is 1. The van der Waals surface area contributed by atoms with Gasteiger partial charge in [-0.1, -0.05) is 61.5 Å². The number of nitrogens with zero attached hydrogens (tertiary/aromatic N) is 1. The number of para-hydroxylation sites is 1. The lowest BCUT2D eigenvalue weighted by Gasteiger charge is -2.41. The molecule has 4 aromatic carbocycles. The minimum atomic E-state index is -3.96. The molecule has 242 valence electrons. The summed E-state index contributed by atoms with van der Waals surface area (Å²) in [5.41, 5.74) is 3.93. The maximum atomic E-state index is 13.5. The van der Waals surface area contributed by atoms with Crippen LogP contribution in [-0.2, 0) is 30.9 Å². The maximum absolute atomic E-state index is 13.5. The highest BCUT2D eigenvalue weighted by Crippen LogP contribution is 2.43. The van der Waals surface area contributed by atoms with E-state index >= 15 is 0 Å². The fraction of sp³-hybridized carbons (Fsp3) is 0.222. The molecule has 1 aliphatic rings. The highest BCUT2D eigenvalue weighted by atomic mass is 32.2. The summed E-state index contributed by atoms with van der Waals surface area (Å²) >= 11 is 1.64. The summed E-state index contributed by atoms with van der Waals surface area (Å²) in [7, 11) is -3.96. The smallest absolute Gasteiger partial charge is 0.264 e. The molecule has 1 saturated heterocycles. The fourth-order valence-corrected chi connectivity index (χ4v) is 7.88. The van der Waals surface area contributed by atoms with E-state index in [9.17, 15) is 18.3 Å². The predicted molar refractivity (Wildman–Crippen MR) is 183 cm³/mol. The van der Waals surface area contributed by atoms with Crippen LogP contribution < -0.4 is 10.0 Å². The SMILES string of the molecule is CC(=O)Nc1ccc(SC[C@H]2OC(c3cccc(NS(=O)(=O)c4cccc5cccnc45)c3)O[C@@H](c3ccc(CO)cc3)[C@H]2C)cc1. The fourth-order valence-electron chi connectivity index (χ4n) is 5.58. The van der Waals surface area contributed by atoms with E-state index in [4.69, 9.17) is 9.47 Å². The van der Waals surface area contributed by atoms with Gasteiger partial charge in [-0.25, -0.2) is 8.42 Å². The number of nitrogens with one attached hydrogen (secondary N) is 2. The molecular weight excluding hydrogens is 635 g/mol. The normalized spacial score (nSPS) is 19.7. The summed E-state index contributed by atoms with van der Waals surface area (Å²) in [5.74, 6) is 0.478. The van der Waals surface area contributed by atoms with Gasteiger partial charge >= 0.3 is 0 Å². The average Bonchev–Trinajstić information content (AvgIpc) is 3.08. The molecule has 9 nitrogen and oxygen atoms in total. The van der Waals surface area contributed by atoms with Gasteiger partial charge in [0.2, 0.25) is 5.91 Å². The van der Waals surface area contributed by atoms with Crippen LogP contribution in [0.5, 0.6) is 0 Å². The number of aliphatic hydroxyl groups excluding tert-OH is 1. The van der Waals surface area contributed by atoms with Crippen LogP contribution >= 0.6 is 11.8 Å². The summed E-state index contributed by atoms with van der Waals surface area (Å²) in [6.07, 6.45) is 0.254. The van der Waals surface area contributed by atoms with Gasteiger partial charge in [0.05, 0.1) is 24.3 Å². The Morgan fingerprint density at radius 1 is 0.894 bits per heavy atom. The zero-order valence-electron chi connectivity index (χ0n) is 25.9. The first kappa shape index (κ1) is 32.7. The second-order valence-electron chi connectivity index (χ2n) is 11.4. The lowest BCUT2D eigenvalue weighted by atomic mass is 9.91. The van der Waals surface area contributed by atoms with Crippen LogP contribution in [0.15, 0.2) is 119 Å². The van der Waals surface area contributed by atoms with E-state index in [1.807, 2.05) is 66.7 Å². The monoisotopic (exact) mass is 669 g/mol. The molecule has 1 aliphatic heterocycles. The number of ether oxygens (including phenoxy) is 2. The van der Waals surface area contributed by atoms with Crippen LogP contribution in [-0.4, -0.2) is 36.3 Å². The van der Waals surface area contributed by atoms with Crippen molar-refractivity contribution in [1.29, 1.82) is 0 Å². The third-order valence-electron chi connectivity index (χ3n) is 8.01. The summed E-state index contributed by atoms with van der Waals surface area (Å²) in [6.45, 7) is 3.52. The van der Waals surface area contributed by atoms with Crippen molar-refractivity contribution >= 4 is 50.0 Å². The Morgan fingerprint density at radius 3 is 2.38 bits per heavy atom. The zero-order chi connectivity index (χ0) is 33.0. The van der Waals surface area contributed by atoms with Gasteiger partial charge in [0.1, 0.15) is 4.90 Å². The molecule has 5 aromatic rings. The summed E-state index contributed by atoms with van der Waals surface area (Å²) in [5, 5.41) is 13.1. The Hall–Kier alpha value is -4.26. The number of anilines is 2. The van der Waals surface area contributed by atoms with E-state index in [0.717, 1.165) is 27.1 Å². The number of rotatable bonds is 10. The first-order valence-electron chi connectivity index (χ1n) is 15.2. The predicted octanol–water partition coefficient (Wildman–Crippen LogP) is 7.07. The van der Waals surface area contributed by atoms with E-state index < -0.39 is 16.3 Å². The Morgan fingerprint density at radius 2 is 1.64 bits per heavy atom. The Kier molecular flexibility index (Phi) is 9.90. The molecule has 0 bridgehead atoms. The standard InChI is InChI=1S/C36H35N3O6S2/c1-23-32(22-46-31-17-15-29(16-18-31)38-24(2)41)44-36(45-35(23)27-13-11-25(21-40)12-14-27)28-7-3-9-30(20-28)39-47(42,43)33-10-4-6-26-8-5-19-37-34(26)33/h3-20,23,32,35-36,39-40H,21-22H2,1-2H3,(H,38,41)/t23-,32+,35+,36?/m0/s1. The molecule has 1 amide bonds. The van der Waals surface area contributed by atoms with E-state index in [1.165, 1.54) is 6.92 Å².